The number of carbonyl (C=O) groups excluding carboxylic acids is 5. The van der Waals surface area contributed by atoms with Gasteiger partial charge in [0.05, 0.1) is 45.1 Å². The first kappa shape index (κ1) is 27.6. The van der Waals surface area contributed by atoms with Gasteiger partial charge in [0.2, 0.25) is 23.6 Å². The summed E-state index contributed by atoms with van der Waals surface area (Å²) in [6.45, 7) is 3.31. The highest BCUT2D eigenvalue weighted by atomic mass is 35.5. The van der Waals surface area contributed by atoms with E-state index in [4.69, 9.17) is 27.9 Å². The number of imide groups is 2. The standard InChI is InChI=1S/C33H24Cl2N2O6/c1-16-22-23-26(30(40)36(28(23)38)20-14-8-6-12-18(20)34)33(2,25(16)32(42)43-17-10-4-3-5-11-17)27-24(22)29(39)37(31(27)41)21-15-9-7-13-19(21)35/h3-15,22-24,26-27H,1-2H3. The highest BCUT2D eigenvalue weighted by Crippen LogP contribution is 2.69. The third-order valence-electron chi connectivity index (χ3n) is 9.55. The van der Waals surface area contributed by atoms with Gasteiger partial charge in [-0.05, 0) is 43.3 Å². The number of carbonyl (C=O) groups is 5. The second-order valence-electron chi connectivity index (χ2n) is 11.5. The van der Waals surface area contributed by atoms with Gasteiger partial charge in [-0.2, -0.15) is 0 Å². The molecule has 2 heterocycles. The number of esters is 1. The van der Waals surface area contributed by atoms with E-state index in [-0.39, 0.29) is 32.7 Å². The highest BCUT2D eigenvalue weighted by Gasteiger charge is 2.77. The third kappa shape index (κ3) is 3.60. The first-order valence-corrected chi connectivity index (χ1v) is 14.6. The second-order valence-corrected chi connectivity index (χ2v) is 12.3. The van der Waals surface area contributed by atoms with E-state index in [1.165, 1.54) is 0 Å². The minimum absolute atomic E-state index is 0.133. The van der Waals surface area contributed by atoms with Gasteiger partial charge in [-0.15, -0.1) is 0 Å². The molecule has 3 aromatic carbocycles. The highest BCUT2D eigenvalue weighted by molar-refractivity contribution is 6.37. The summed E-state index contributed by atoms with van der Waals surface area (Å²) in [6.07, 6.45) is 0. The van der Waals surface area contributed by atoms with Crippen molar-refractivity contribution in [3.05, 3.63) is 100 Å². The lowest BCUT2D eigenvalue weighted by atomic mass is 9.43. The second kappa shape index (κ2) is 9.62. The summed E-state index contributed by atoms with van der Waals surface area (Å²) in [5.74, 6) is -7.80. The van der Waals surface area contributed by atoms with Crippen LogP contribution in [0.3, 0.4) is 0 Å². The summed E-state index contributed by atoms with van der Waals surface area (Å²) in [7, 11) is 0. The van der Waals surface area contributed by atoms with Gasteiger partial charge in [0, 0.05) is 16.9 Å². The number of hydrogen-bond acceptors (Lipinski definition) is 6. The molecule has 2 saturated heterocycles. The Kier molecular flexibility index (Phi) is 6.17. The summed E-state index contributed by atoms with van der Waals surface area (Å²) < 4.78 is 5.77. The minimum Gasteiger partial charge on any atom is -0.423 e. The van der Waals surface area contributed by atoms with Crippen molar-refractivity contribution in [2.45, 2.75) is 13.8 Å². The van der Waals surface area contributed by atoms with Crippen molar-refractivity contribution in [1.82, 2.24) is 0 Å². The van der Waals surface area contributed by atoms with E-state index < -0.39 is 64.6 Å². The van der Waals surface area contributed by atoms with Gasteiger partial charge in [-0.25, -0.2) is 14.6 Å². The number of allylic oxidation sites excluding steroid dienone is 1. The molecule has 1 saturated carbocycles. The Morgan fingerprint density at radius 2 is 1.12 bits per heavy atom. The molecule has 0 N–H and O–H groups in total. The van der Waals surface area contributed by atoms with Gasteiger partial charge in [0.1, 0.15) is 5.75 Å². The molecule has 10 heteroatoms. The zero-order valence-corrected chi connectivity index (χ0v) is 24.5. The van der Waals surface area contributed by atoms with Crippen LogP contribution in [0.1, 0.15) is 13.8 Å². The zero-order chi connectivity index (χ0) is 30.4. The number of benzene rings is 3. The topological polar surface area (TPSA) is 101 Å². The lowest BCUT2D eigenvalue weighted by Gasteiger charge is -2.55. The molecule has 8 nitrogen and oxygen atoms in total. The van der Waals surface area contributed by atoms with E-state index in [9.17, 15) is 24.0 Å². The fraction of sp³-hybridized carbons (Fsp3) is 0.242. The quantitative estimate of drug-likeness (QED) is 0.219. The molecule has 0 aromatic heterocycles. The van der Waals surface area contributed by atoms with E-state index in [2.05, 4.69) is 0 Å². The number of para-hydroxylation sites is 3. The minimum atomic E-state index is -1.56. The average molecular weight is 615 g/mol. The van der Waals surface area contributed by atoms with Crippen LogP contribution >= 0.6 is 23.2 Å². The van der Waals surface area contributed by atoms with Crippen LogP contribution in [0.5, 0.6) is 5.75 Å². The average Bonchev–Trinajstić information content (AvgIpc) is 3.40. The number of amides is 4. The number of halogens is 2. The molecule has 0 radical (unpaired) electrons. The van der Waals surface area contributed by atoms with Crippen molar-refractivity contribution in [2.75, 3.05) is 9.80 Å². The number of ether oxygens (including phenoxy) is 1. The maximum atomic E-state index is 14.4. The van der Waals surface area contributed by atoms with Crippen LogP contribution in [0.4, 0.5) is 11.4 Å². The summed E-state index contributed by atoms with van der Waals surface area (Å²) >= 11 is 12.9. The maximum Gasteiger partial charge on any atom is 0.339 e. The number of nitrogens with zero attached hydrogens (tertiary/aromatic N) is 2. The fourth-order valence-corrected chi connectivity index (χ4v) is 8.43. The van der Waals surface area contributed by atoms with Crippen LogP contribution in [0.25, 0.3) is 0 Å². The number of hydrogen-bond donors (Lipinski definition) is 0. The van der Waals surface area contributed by atoms with Crippen LogP contribution in [-0.2, 0) is 24.0 Å². The summed E-state index contributed by atoms with van der Waals surface area (Å²) in [5, 5.41) is 0.400. The van der Waals surface area contributed by atoms with E-state index in [1.54, 1.807) is 92.7 Å². The molecule has 3 fully saturated rings. The molecular weight excluding hydrogens is 591 g/mol. The Labute approximate surface area is 256 Å². The van der Waals surface area contributed by atoms with E-state index in [0.29, 0.717) is 5.57 Å². The predicted octanol–water partition coefficient (Wildman–Crippen LogP) is 5.48. The molecule has 0 spiro atoms. The van der Waals surface area contributed by atoms with Gasteiger partial charge in [0.15, 0.2) is 0 Å². The Balaban J connectivity index is 1.42. The predicted molar refractivity (Wildman–Crippen MR) is 158 cm³/mol. The SMILES string of the molecule is CC1=C(C(=O)Oc2ccccc2)C2(C)C3C(=O)N(c4ccccc4Cl)C(=O)C3C1C1C(=O)N(c3ccccc3Cl)C(=O)C12. The number of rotatable bonds is 4. The van der Waals surface area contributed by atoms with Gasteiger partial charge in [-0.3, -0.25) is 19.2 Å². The van der Waals surface area contributed by atoms with Gasteiger partial charge < -0.3 is 4.74 Å². The normalized spacial score (nSPS) is 29.3. The lowest BCUT2D eigenvalue weighted by molar-refractivity contribution is -0.152. The van der Waals surface area contributed by atoms with E-state index >= 15 is 0 Å². The molecule has 2 aliphatic heterocycles. The largest absolute Gasteiger partial charge is 0.423 e. The van der Waals surface area contributed by atoms with E-state index in [1.807, 2.05) is 0 Å². The summed E-state index contributed by atoms with van der Waals surface area (Å²) in [6, 6.07) is 21.4. The van der Waals surface area contributed by atoms with Crippen molar-refractivity contribution in [3.63, 3.8) is 0 Å². The Hall–Kier alpha value is -4.27. The van der Waals surface area contributed by atoms with Crippen LogP contribution < -0.4 is 14.5 Å². The molecule has 4 atom stereocenters. The van der Waals surface area contributed by atoms with Crippen molar-refractivity contribution in [1.29, 1.82) is 0 Å². The Morgan fingerprint density at radius 3 is 1.58 bits per heavy atom. The first-order valence-electron chi connectivity index (χ1n) is 13.8. The van der Waals surface area contributed by atoms with E-state index in [0.717, 1.165) is 9.80 Å². The molecular formula is C33H24Cl2N2O6. The van der Waals surface area contributed by atoms with Gasteiger partial charge in [0.25, 0.3) is 0 Å². The van der Waals surface area contributed by atoms with Crippen molar-refractivity contribution in [2.24, 2.45) is 35.0 Å². The van der Waals surface area contributed by atoms with Crippen molar-refractivity contribution >= 4 is 64.2 Å². The Bertz CT molecular complexity index is 1710. The molecule has 5 aliphatic rings. The zero-order valence-electron chi connectivity index (χ0n) is 23.0. The molecule has 216 valence electrons. The van der Waals surface area contributed by atoms with Crippen molar-refractivity contribution in [3.8, 4) is 5.75 Å². The Morgan fingerprint density at radius 1 is 0.674 bits per heavy atom. The lowest BCUT2D eigenvalue weighted by Crippen LogP contribution is -2.61. The van der Waals surface area contributed by atoms with Crippen LogP contribution in [0, 0.1) is 35.0 Å². The molecule has 8 rings (SSSR count). The monoisotopic (exact) mass is 614 g/mol. The summed E-state index contributed by atoms with van der Waals surface area (Å²) in [5.41, 5.74) is -0.555. The molecule has 43 heavy (non-hydrogen) atoms. The molecule has 3 aromatic rings. The van der Waals surface area contributed by atoms with Crippen molar-refractivity contribution < 1.29 is 28.7 Å². The van der Waals surface area contributed by atoms with Crippen LogP contribution in [-0.4, -0.2) is 29.6 Å². The third-order valence-corrected chi connectivity index (χ3v) is 10.2. The maximum absolute atomic E-state index is 14.4. The van der Waals surface area contributed by atoms with Gasteiger partial charge >= 0.3 is 5.97 Å². The molecule has 2 bridgehead atoms. The first-order chi connectivity index (χ1) is 20.6. The smallest absolute Gasteiger partial charge is 0.339 e. The molecule has 4 amide bonds. The molecule has 3 aliphatic carbocycles. The fourth-order valence-electron chi connectivity index (χ4n) is 7.99. The van der Waals surface area contributed by atoms with Gasteiger partial charge in [-0.1, -0.05) is 78.2 Å². The molecule has 4 unspecified atom stereocenters. The summed E-state index contributed by atoms with van der Waals surface area (Å²) in [4.78, 5) is 73.2. The van der Waals surface area contributed by atoms with Crippen LogP contribution in [0.2, 0.25) is 10.0 Å². The van der Waals surface area contributed by atoms with Crippen LogP contribution in [0.15, 0.2) is 90.0 Å². The number of anilines is 2.